The maximum absolute atomic E-state index is 2.54. The minimum absolute atomic E-state index is 0.374. The number of hydrogen-bond donors (Lipinski definition) is 0. The van der Waals surface area contributed by atoms with Gasteiger partial charge in [0.2, 0.25) is 0 Å². The Morgan fingerprint density at radius 1 is 0.800 bits per heavy atom. The van der Waals surface area contributed by atoms with Crippen molar-refractivity contribution >= 4 is 59.2 Å². The minimum Gasteiger partial charge on any atom is -0.333 e. The quantitative estimate of drug-likeness (QED) is 0.274. The normalized spacial score (nSPS) is 17.5. The molecular formula is C28H19NS. The van der Waals surface area contributed by atoms with Crippen LogP contribution in [0, 0.1) is 0 Å². The van der Waals surface area contributed by atoms with Gasteiger partial charge in [-0.15, -0.1) is 11.3 Å². The first-order chi connectivity index (χ1) is 14.9. The molecule has 7 rings (SSSR count). The van der Waals surface area contributed by atoms with Gasteiger partial charge < -0.3 is 4.90 Å². The van der Waals surface area contributed by atoms with Crippen molar-refractivity contribution < 1.29 is 0 Å². The standard InChI is InChI=1S/C28H19NS/c1-2-8-19(9-3-1)29-24-12-6-4-10-20(24)23-16-18-14-15-27-28(22(18)17-25(23)29)21-11-5-7-13-26(21)30-27/h1-11,13-17,24H,12H2. The Morgan fingerprint density at radius 3 is 2.60 bits per heavy atom. The fourth-order valence-corrected chi connectivity index (χ4v) is 6.34. The van der Waals surface area contributed by atoms with Crippen LogP contribution in [0.4, 0.5) is 11.4 Å². The molecule has 2 aliphatic rings. The van der Waals surface area contributed by atoms with Crippen molar-refractivity contribution in [2.24, 2.45) is 0 Å². The molecule has 0 amide bonds. The Labute approximate surface area is 179 Å². The van der Waals surface area contributed by atoms with Crippen LogP contribution < -0.4 is 4.90 Å². The number of thiophene rings is 1. The maximum atomic E-state index is 2.54. The second-order valence-electron chi connectivity index (χ2n) is 8.13. The second-order valence-corrected chi connectivity index (χ2v) is 9.22. The molecule has 1 aromatic heterocycles. The molecule has 1 atom stereocenters. The molecule has 1 aliphatic carbocycles. The second kappa shape index (κ2) is 6.07. The lowest BCUT2D eigenvalue weighted by atomic mass is 9.94. The van der Waals surface area contributed by atoms with E-state index in [-0.39, 0.29) is 0 Å². The molecule has 0 bridgehead atoms. The predicted molar refractivity (Wildman–Crippen MR) is 131 cm³/mol. The number of benzene rings is 4. The van der Waals surface area contributed by atoms with Gasteiger partial charge in [0.15, 0.2) is 0 Å². The van der Waals surface area contributed by atoms with Crippen LogP contribution in [0.3, 0.4) is 0 Å². The molecule has 1 nitrogen and oxygen atoms in total. The van der Waals surface area contributed by atoms with Crippen LogP contribution in [-0.4, -0.2) is 6.04 Å². The molecule has 2 heteroatoms. The summed E-state index contributed by atoms with van der Waals surface area (Å²) in [6, 6.07) is 29.5. The third-order valence-electron chi connectivity index (χ3n) is 6.52. The van der Waals surface area contributed by atoms with E-state index in [0.717, 1.165) is 6.42 Å². The van der Waals surface area contributed by atoms with Gasteiger partial charge >= 0.3 is 0 Å². The molecule has 0 N–H and O–H groups in total. The van der Waals surface area contributed by atoms with Gasteiger partial charge in [-0.05, 0) is 59.2 Å². The highest BCUT2D eigenvalue weighted by Gasteiger charge is 2.35. The van der Waals surface area contributed by atoms with Crippen molar-refractivity contribution in [3.63, 3.8) is 0 Å². The summed E-state index contributed by atoms with van der Waals surface area (Å²) in [4.78, 5) is 2.54. The van der Waals surface area contributed by atoms with Crippen LogP contribution in [0.1, 0.15) is 12.0 Å². The van der Waals surface area contributed by atoms with Crippen molar-refractivity contribution in [1.29, 1.82) is 0 Å². The number of fused-ring (bicyclic) bond motifs is 8. The summed E-state index contributed by atoms with van der Waals surface area (Å²) in [5, 5.41) is 5.45. The number of anilines is 2. The summed E-state index contributed by atoms with van der Waals surface area (Å²) in [5.41, 5.74) is 5.41. The molecule has 4 aromatic carbocycles. The van der Waals surface area contributed by atoms with Crippen molar-refractivity contribution in [1.82, 2.24) is 0 Å². The zero-order valence-electron chi connectivity index (χ0n) is 16.4. The third kappa shape index (κ3) is 2.17. The van der Waals surface area contributed by atoms with Gasteiger partial charge in [0.25, 0.3) is 0 Å². The topological polar surface area (TPSA) is 3.24 Å². The van der Waals surface area contributed by atoms with Crippen molar-refractivity contribution in [2.75, 3.05) is 4.90 Å². The summed E-state index contributed by atoms with van der Waals surface area (Å²) in [6.45, 7) is 0. The first kappa shape index (κ1) is 16.4. The van der Waals surface area contributed by atoms with Gasteiger partial charge in [-0.2, -0.15) is 0 Å². The van der Waals surface area contributed by atoms with Crippen molar-refractivity contribution in [3.05, 3.63) is 103 Å². The molecule has 2 heterocycles. The third-order valence-corrected chi connectivity index (χ3v) is 7.66. The van der Waals surface area contributed by atoms with Crippen LogP contribution in [-0.2, 0) is 0 Å². The summed E-state index contributed by atoms with van der Waals surface area (Å²) in [7, 11) is 0. The molecule has 1 unspecified atom stereocenters. The van der Waals surface area contributed by atoms with E-state index in [4.69, 9.17) is 0 Å². The van der Waals surface area contributed by atoms with E-state index in [1.54, 1.807) is 0 Å². The molecule has 1 aliphatic heterocycles. The number of rotatable bonds is 1. The highest BCUT2D eigenvalue weighted by molar-refractivity contribution is 7.26. The highest BCUT2D eigenvalue weighted by Crippen LogP contribution is 2.50. The molecule has 0 saturated carbocycles. The monoisotopic (exact) mass is 401 g/mol. The van der Waals surface area contributed by atoms with Gasteiger partial charge in [-0.25, -0.2) is 0 Å². The molecule has 142 valence electrons. The van der Waals surface area contributed by atoms with Gasteiger partial charge in [0, 0.05) is 31.4 Å². The average molecular weight is 402 g/mol. The Balaban J connectivity index is 1.59. The Morgan fingerprint density at radius 2 is 1.67 bits per heavy atom. The summed E-state index contributed by atoms with van der Waals surface area (Å²) in [6.07, 6.45) is 7.85. The molecule has 0 spiro atoms. The predicted octanol–water partition coefficient (Wildman–Crippen LogP) is 8.07. The lowest BCUT2D eigenvalue weighted by Crippen LogP contribution is -2.26. The SMILES string of the molecule is C1=CCC2C(=C1)c1cc3ccc4sc5ccccc5c4c3cc1N2c1ccccc1. The van der Waals surface area contributed by atoms with E-state index in [2.05, 4.69) is 102 Å². The van der Waals surface area contributed by atoms with Crippen LogP contribution in [0.25, 0.3) is 36.5 Å². The lowest BCUT2D eigenvalue weighted by molar-refractivity contribution is 0.830. The molecule has 0 saturated heterocycles. The summed E-state index contributed by atoms with van der Waals surface area (Å²) >= 11 is 1.89. The van der Waals surface area contributed by atoms with Crippen LogP contribution in [0.2, 0.25) is 0 Å². The number of hydrogen-bond acceptors (Lipinski definition) is 2. The lowest BCUT2D eigenvalue weighted by Gasteiger charge is -2.28. The number of para-hydroxylation sites is 1. The molecular weight excluding hydrogens is 382 g/mol. The zero-order valence-corrected chi connectivity index (χ0v) is 17.2. The largest absolute Gasteiger partial charge is 0.333 e. The van der Waals surface area contributed by atoms with Gasteiger partial charge in [-0.3, -0.25) is 0 Å². The Bertz CT molecular complexity index is 1520. The Hall–Kier alpha value is -3.36. The van der Waals surface area contributed by atoms with Crippen LogP contribution in [0.5, 0.6) is 0 Å². The number of nitrogens with zero attached hydrogens (tertiary/aromatic N) is 1. The van der Waals surface area contributed by atoms with Gasteiger partial charge in [0.05, 0.1) is 11.7 Å². The first-order valence-corrected chi connectivity index (χ1v) is 11.3. The molecule has 0 fully saturated rings. The Kier molecular flexibility index (Phi) is 3.33. The minimum atomic E-state index is 0.374. The fraction of sp³-hybridized carbons (Fsp3) is 0.0714. The van der Waals surface area contributed by atoms with E-state index in [1.165, 1.54) is 53.5 Å². The van der Waals surface area contributed by atoms with E-state index >= 15 is 0 Å². The first-order valence-electron chi connectivity index (χ1n) is 10.5. The van der Waals surface area contributed by atoms with Crippen LogP contribution in [0.15, 0.2) is 97.1 Å². The highest BCUT2D eigenvalue weighted by atomic mass is 32.1. The maximum Gasteiger partial charge on any atom is 0.0632 e. The molecule has 5 aromatic rings. The van der Waals surface area contributed by atoms with E-state index in [1.807, 2.05) is 11.3 Å². The fourth-order valence-electron chi connectivity index (χ4n) is 5.22. The van der Waals surface area contributed by atoms with E-state index in [9.17, 15) is 0 Å². The average Bonchev–Trinajstić information content (AvgIpc) is 3.34. The molecule has 0 radical (unpaired) electrons. The van der Waals surface area contributed by atoms with Gasteiger partial charge in [-0.1, -0.05) is 60.7 Å². The van der Waals surface area contributed by atoms with Crippen LogP contribution >= 0.6 is 11.3 Å². The van der Waals surface area contributed by atoms with Gasteiger partial charge in [0.1, 0.15) is 0 Å². The van der Waals surface area contributed by atoms with Crippen molar-refractivity contribution in [2.45, 2.75) is 12.5 Å². The van der Waals surface area contributed by atoms with E-state index in [0.29, 0.717) is 6.04 Å². The van der Waals surface area contributed by atoms with E-state index < -0.39 is 0 Å². The smallest absolute Gasteiger partial charge is 0.0632 e. The molecule has 30 heavy (non-hydrogen) atoms. The number of allylic oxidation sites excluding steroid dienone is 2. The van der Waals surface area contributed by atoms with Crippen molar-refractivity contribution in [3.8, 4) is 0 Å². The summed E-state index contributed by atoms with van der Waals surface area (Å²) < 4.78 is 2.73. The zero-order chi connectivity index (χ0) is 19.7. The summed E-state index contributed by atoms with van der Waals surface area (Å²) in [5.74, 6) is 0.